The van der Waals surface area contributed by atoms with Gasteiger partial charge in [-0.1, -0.05) is 12.1 Å². The number of rotatable bonds is 6. The van der Waals surface area contributed by atoms with Crippen LogP contribution in [0.25, 0.3) is 10.2 Å². The summed E-state index contributed by atoms with van der Waals surface area (Å²) in [4.78, 5) is 29.1. The SMILES string of the molecule is O=C(CCn1cnc2sccc2c1=O)Nc1ccccc1OC(F)F. The van der Waals surface area contributed by atoms with Crippen molar-refractivity contribution in [3.05, 3.63) is 52.4 Å². The first-order valence-corrected chi connectivity index (χ1v) is 8.19. The van der Waals surface area contributed by atoms with E-state index in [2.05, 4.69) is 15.0 Å². The van der Waals surface area contributed by atoms with E-state index in [1.54, 1.807) is 17.5 Å². The van der Waals surface area contributed by atoms with E-state index in [0.717, 1.165) is 0 Å². The molecular weight excluding hydrogens is 352 g/mol. The summed E-state index contributed by atoms with van der Waals surface area (Å²) in [7, 11) is 0. The summed E-state index contributed by atoms with van der Waals surface area (Å²) < 4.78 is 30.4. The Bertz CT molecular complexity index is 955. The second kappa shape index (κ2) is 7.39. The molecule has 1 amide bonds. The molecule has 0 aliphatic rings. The van der Waals surface area contributed by atoms with Crippen LogP contribution in [-0.2, 0) is 11.3 Å². The van der Waals surface area contributed by atoms with Crippen molar-refractivity contribution in [3.63, 3.8) is 0 Å². The highest BCUT2D eigenvalue weighted by Crippen LogP contribution is 2.25. The highest BCUT2D eigenvalue weighted by molar-refractivity contribution is 7.16. The average Bonchev–Trinajstić information content (AvgIpc) is 3.05. The van der Waals surface area contributed by atoms with Crippen LogP contribution < -0.4 is 15.6 Å². The van der Waals surface area contributed by atoms with Gasteiger partial charge in [0.2, 0.25) is 5.91 Å². The van der Waals surface area contributed by atoms with Crippen LogP contribution in [0.1, 0.15) is 6.42 Å². The van der Waals surface area contributed by atoms with Crippen molar-refractivity contribution in [3.8, 4) is 5.75 Å². The van der Waals surface area contributed by atoms with E-state index in [0.29, 0.717) is 10.2 Å². The quantitative estimate of drug-likeness (QED) is 0.729. The Balaban J connectivity index is 1.67. The number of carbonyl (C=O) groups excluding carboxylic acids is 1. The molecule has 6 nitrogen and oxygen atoms in total. The Kier molecular flexibility index (Phi) is 5.03. The zero-order valence-corrected chi connectivity index (χ0v) is 13.6. The summed E-state index contributed by atoms with van der Waals surface area (Å²) in [6, 6.07) is 7.59. The number of hydrogen-bond donors (Lipinski definition) is 1. The van der Waals surface area contributed by atoms with E-state index in [9.17, 15) is 18.4 Å². The number of fused-ring (bicyclic) bond motifs is 1. The van der Waals surface area contributed by atoms with Gasteiger partial charge in [-0.15, -0.1) is 11.3 Å². The second-order valence-corrected chi connectivity index (χ2v) is 5.95. The van der Waals surface area contributed by atoms with Gasteiger partial charge in [0.25, 0.3) is 5.56 Å². The summed E-state index contributed by atoms with van der Waals surface area (Å²) in [5.74, 6) is -0.549. The first-order chi connectivity index (χ1) is 12.0. The monoisotopic (exact) mass is 365 g/mol. The fraction of sp³-hybridized carbons (Fsp3) is 0.188. The standard InChI is InChI=1S/C16H13F2N3O3S/c17-16(18)24-12-4-2-1-3-11(12)20-13(22)5-7-21-9-19-14-10(15(21)23)6-8-25-14/h1-4,6,8-9,16H,5,7H2,(H,20,22). The van der Waals surface area contributed by atoms with Gasteiger partial charge in [0.1, 0.15) is 10.6 Å². The molecule has 0 atom stereocenters. The van der Waals surface area contributed by atoms with Crippen LogP contribution in [0.15, 0.2) is 46.8 Å². The molecule has 0 aliphatic carbocycles. The summed E-state index contributed by atoms with van der Waals surface area (Å²) in [5, 5.41) is 4.78. The topological polar surface area (TPSA) is 73.2 Å². The van der Waals surface area contributed by atoms with Crippen molar-refractivity contribution in [2.45, 2.75) is 19.6 Å². The maximum atomic E-state index is 12.4. The minimum atomic E-state index is -2.99. The van der Waals surface area contributed by atoms with Gasteiger partial charge in [-0.05, 0) is 23.6 Å². The number of ether oxygens (including phenoxy) is 1. The number of nitrogens with zero attached hydrogens (tertiary/aromatic N) is 2. The molecule has 0 radical (unpaired) electrons. The van der Waals surface area contributed by atoms with E-state index < -0.39 is 12.5 Å². The van der Waals surface area contributed by atoms with Crippen LogP contribution in [-0.4, -0.2) is 22.1 Å². The molecular formula is C16H13F2N3O3S. The Labute approximate surface area is 144 Å². The lowest BCUT2D eigenvalue weighted by atomic mass is 10.2. The molecule has 1 N–H and O–H groups in total. The number of halogens is 2. The molecule has 3 aromatic rings. The van der Waals surface area contributed by atoms with Crippen molar-refractivity contribution >= 4 is 33.1 Å². The van der Waals surface area contributed by atoms with E-state index in [1.165, 1.54) is 40.4 Å². The molecule has 9 heteroatoms. The molecule has 0 saturated heterocycles. The fourth-order valence-corrected chi connectivity index (χ4v) is 2.98. The van der Waals surface area contributed by atoms with Crippen molar-refractivity contribution in [1.82, 2.24) is 9.55 Å². The van der Waals surface area contributed by atoms with Gasteiger partial charge in [0.15, 0.2) is 0 Å². The van der Waals surface area contributed by atoms with Gasteiger partial charge in [0, 0.05) is 13.0 Å². The maximum Gasteiger partial charge on any atom is 0.387 e. The normalized spacial score (nSPS) is 11.0. The first kappa shape index (κ1) is 17.0. The summed E-state index contributed by atoms with van der Waals surface area (Å²) >= 11 is 1.36. The zero-order chi connectivity index (χ0) is 17.8. The van der Waals surface area contributed by atoms with Crippen molar-refractivity contribution < 1.29 is 18.3 Å². The number of hydrogen-bond acceptors (Lipinski definition) is 5. The lowest BCUT2D eigenvalue weighted by Crippen LogP contribution is -2.23. The molecule has 0 spiro atoms. The van der Waals surface area contributed by atoms with E-state index in [4.69, 9.17) is 0 Å². The van der Waals surface area contributed by atoms with Crippen molar-refractivity contribution in [1.29, 1.82) is 0 Å². The molecule has 0 saturated carbocycles. The van der Waals surface area contributed by atoms with Gasteiger partial charge < -0.3 is 10.1 Å². The third-order valence-corrected chi connectivity index (χ3v) is 4.23. The Hall–Kier alpha value is -2.81. The maximum absolute atomic E-state index is 12.4. The first-order valence-electron chi connectivity index (χ1n) is 7.31. The molecule has 0 aliphatic heterocycles. The highest BCUT2D eigenvalue weighted by Gasteiger charge is 2.12. The molecule has 2 heterocycles. The summed E-state index contributed by atoms with van der Waals surface area (Å²) in [5.41, 5.74) is -0.0768. The number of aromatic nitrogens is 2. The number of nitrogens with one attached hydrogen (secondary N) is 1. The minimum Gasteiger partial charge on any atom is -0.433 e. The third-order valence-electron chi connectivity index (χ3n) is 3.41. The predicted octanol–water partition coefficient (Wildman–Crippen LogP) is 3.09. The highest BCUT2D eigenvalue weighted by atomic mass is 32.1. The van der Waals surface area contributed by atoms with Crippen LogP contribution in [0.2, 0.25) is 0 Å². The number of carbonyl (C=O) groups is 1. The van der Waals surface area contributed by atoms with Gasteiger partial charge in [-0.25, -0.2) is 4.98 Å². The summed E-state index contributed by atoms with van der Waals surface area (Å²) in [6.45, 7) is -2.86. The van der Waals surface area contributed by atoms with E-state index in [-0.39, 0.29) is 30.0 Å². The van der Waals surface area contributed by atoms with E-state index in [1.807, 2.05) is 0 Å². The molecule has 130 valence electrons. The lowest BCUT2D eigenvalue weighted by molar-refractivity contribution is -0.116. The molecule has 0 fully saturated rings. The number of amides is 1. The Morgan fingerprint density at radius 1 is 1.32 bits per heavy atom. The van der Waals surface area contributed by atoms with Crippen molar-refractivity contribution in [2.24, 2.45) is 0 Å². The number of anilines is 1. The van der Waals surface area contributed by atoms with Gasteiger partial charge >= 0.3 is 6.61 Å². The third kappa shape index (κ3) is 4.00. The fourth-order valence-electron chi connectivity index (χ4n) is 2.26. The van der Waals surface area contributed by atoms with Crippen LogP contribution in [0.3, 0.4) is 0 Å². The van der Waals surface area contributed by atoms with E-state index >= 15 is 0 Å². The number of benzene rings is 1. The molecule has 2 aromatic heterocycles. The zero-order valence-electron chi connectivity index (χ0n) is 12.8. The number of para-hydroxylation sites is 2. The van der Waals surface area contributed by atoms with Crippen molar-refractivity contribution in [2.75, 3.05) is 5.32 Å². The second-order valence-electron chi connectivity index (χ2n) is 5.06. The van der Waals surface area contributed by atoms with Crippen LogP contribution in [0, 0.1) is 0 Å². The number of aryl methyl sites for hydroxylation is 1. The molecule has 3 rings (SSSR count). The Morgan fingerprint density at radius 3 is 2.92 bits per heavy atom. The lowest BCUT2D eigenvalue weighted by Gasteiger charge is -2.12. The average molecular weight is 365 g/mol. The van der Waals surface area contributed by atoms with Gasteiger partial charge in [-0.3, -0.25) is 14.2 Å². The van der Waals surface area contributed by atoms with Gasteiger partial charge in [-0.2, -0.15) is 8.78 Å². The molecule has 0 unspecified atom stereocenters. The van der Waals surface area contributed by atoms with Crippen LogP contribution >= 0.6 is 11.3 Å². The smallest absolute Gasteiger partial charge is 0.387 e. The summed E-state index contributed by atoms with van der Waals surface area (Å²) in [6.07, 6.45) is 1.38. The van der Waals surface area contributed by atoms with Crippen LogP contribution in [0.5, 0.6) is 5.75 Å². The Morgan fingerprint density at radius 2 is 2.12 bits per heavy atom. The molecule has 25 heavy (non-hydrogen) atoms. The largest absolute Gasteiger partial charge is 0.433 e. The number of alkyl halides is 2. The molecule has 1 aromatic carbocycles. The molecule has 0 bridgehead atoms. The number of thiophene rings is 1. The van der Waals surface area contributed by atoms with Gasteiger partial charge in [0.05, 0.1) is 17.4 Å². The van der Waals surface area contributed by atoms with Crippen LogP contribution in [0.4, 0.5) is 14.5 Å². The predicted molar refractivity (Wildman–Crippen MR) is 90.2 cm³/mol. The minimum absolute atomic E-state index is 0.0136.